The number of benzene rings is 1. The molecule has 0 radical (unpaired) electrons. The highest BCUT2D eigenvalue weighted by atomic mass is 19.4. The monoisotopic (exact) mass is 576 g/mol. The zero-order valence-electron chi connectivity index (χ0n) is 24.4. The summed E-state index contributed by atoms with van der Waals surface area (Å²) in [6, 6.07) is 7.91. The number of carboxylic acid groups (broad SMARTS) is 1. The Morgan fingerprint density at radius 1 is 1.15 bits per heavy atom. The highest BCUT2D eigenvalue weighted by Crippen LogP contribution is 2.29. The van der Waals surface area contributed by atoms with E-state index in [1.165, 1.54) is 25.3 Å². The molecule has 1 aromatic carbocycles. The van der Waals surface area contributed by atoms with E-state index in [4.69, 9.17) is 9.84 Å². The third-order valence-electron chi connectivity index (χ3n) is 6.34. The molecule has 3 rings (SSSR count). The Kier molecular flexibility index (Phi) is 12.4. The second kappa shape index (κ2) is 15.2. The molecule has 8 nitrogen and oxygen atoms in total. The highest BCUT2D eigenvalue weighted by Gasteiger charge is 2.32. The molecule has 2 heterocycles. The maximum Gasteiger partial charge on any atom is 0.416 e. The first-order chi connectivity index (χ1) is 19.4. The Hall–Kier alpha value is -3.86. The molecule has 1 aromatic heterocycles. The zero-order valence-corrected chi connectivity index (χ0v) is 24.4. The lowest BCUT2D eigenvalue weighted by Gasteiger charge is -2.39. The number of hydrogen-bond acceptors (Lipinski definition) is 5. The van der Waals surface area contributed by atoms with Crippen LogP contribution < -0.4 is 4.74 Å². The quantitative estimate of drug-likeness (QED) is 0.271. The van der Waals surface area contributed by atoms with Crippen molar-refractivity contribution in [1.29, 1.82) is 0 Å². The lowest BCUT2D eigenvalue weighted by atomic mass is 10.1. The lowest BCUT2D eigenvalue weighted by Crippen LogP contribution is -2.54. The maximum atomic E-state index is 13.5. The van der Waals surface area contributed by atoms with E-state index >= 15 is 0 Å². The zero-order chi connectivity index (χ0) is 30.7. The van der Waals surface area contributed by atoms with E-state index in [1.807, 2.05) is 33.8 Å². The number of alkyl halides is 3. The molecule has 1 N–H and O–H groups in total. The fourth-order valence-corrected chi connectivity index (χ4v) is 4.11. The Bertz CT molecular complexity index is 1280. The molecule has 0 saturated carbocycles. The second-order valence-electron chi connectivity index (χ2n) is 9.50. The number of allylic oxidation sites excluding steroid dienone is 6. The van der Waals surface area contributed by atoms with E-state index in [0.717, 1.165) is 28.0 Å². The normalized spacial score (nSPS) is 17.1. The van der Waals surface area contributed by atoms with Crippen LogP contribution >= 0.6 is 0 Å². The van der Waals surface area contributed by atoms with Crippen LogP contribution in [0.15, 0.2) is 71.7 Å². The van der Waals surface area contributed by atoms with Gasteiger partial charge in [0, 0.05) is 38.4 Å². The minimum absolute atomic E-state index is 0.115. The van der Waals surface area contributed by atoms with Crippen molar-refractivity contribution >= 4 is 12.0 Å². The van der Waals surface area contributed by atoms with E-state index in [2.05, 4.69) is 10.00 Å². The molecule has 224 valence electrons. The van der Waals surface area contributed by atoms with Crippen molar-refractivity contribution in [2.24, 2.45) is 0 Å². The van der Waals surface area contributed by atoms with Gasteiger partial charge in [0.2, 0.25) is 0 Å². The van der Waals surface area contributed by atoms with E-state index in [0.29, 0.717) is 38.3 Å². The molecule has 2 aromatic rings. The van der Waals surface area contributed by atoms with Crippen molar-refractivity contribution in [3.05, 3.63) is 82.9 Å². The van der Waals surface area contributed by atoms with Crippen LogP contribution in [0.4, 0.5) is 18.0 Å². The molecule has 41 heavy (non-hydrogen) atoms. The Morgan fingerprint density at radius 3 is 2.44 bits per heavy atom. The number of carbonyl (C=O) groups excluding carboxylic acids is 1. The smallest absolute Gasteiger partial charge is 0.416 e. The number of ether oxygens (including phenoxy) is 1. The second-order valence-corrected chi connectivity index (χ2v) is 9.50. The molecule has 1 aliphatic heterocycles. The predicted octanol–water partition coefficient (Wildman–Crippen LogP) is 6.91. The third-order valence-corrected chi connectivity index (χ3v) is 6.34. The van der Waals surface area contributed by atoms with Gasteiger partial charge in [0.05, 0.1) is 5.57 Å². The van der Waals surface area contributed by atoms with Crippen LogP contribution in [0.25, 0.3) is 0 Å². The topological polar surface area (TPSA) is 87.9 Å². The summed E-state index contributed by atoms with van der Waals surface area (Å²) in [4.78, 5) is 27.7. The van der Waals surface area contributed by atoms with Gasteiger partial charge < -0.3 is 14.7 Å². The van der Waals surface area contributed by atoms with Crippen LogP contribution in [0, 0.1) is 0 Å². The Labute approximate surface area is 239 Å². The molecule has 1 amide bonds. The molecule has 0 bridgehead atoms. The van der Waals surface area contributed by atoms with Gasteiger partial charge in [-0.3, -0.25) is 4.90 Å². The molecule has 0 aliphatic carbocycles. The molecule has 1 atom stereocenters. The first-order valence-electron chi connectivity index (χ1n) is 13.6. The van der Waals surface area contributed by atoms with Crippen molar-refractivity contribution in [3.63, 3.8) is 0 Å². The van der Waals surface area contributed by atoms with Crippen LogP contribution in [0.3, 0.4) is 0 Å². The number of halogens is 3. The summed E-state index contributed by atoms with van der Waals surface area (Å²) in [7, 11) is 0. The minimum atomic E-state index is -4.51. The van der Waals surface area contributed by atoms with Gasteiger partial charge in [-0.25, -0.2) is 9.59 Å². The van der Waals surface area contributed by atoms with Gasteiger partial charge >= 0.3 is 18.2 Å². The summed E-state index contributed by atoms with van der Waals surface area (Å²) in [6.45, 7) is 13.2. The maximum absolute atomic E-state index is 13.5. The third kappa shape index (κ3) is 9.93. The number of amides is 1. The van der Waals surface area contributed by atoms with Gasteiger partial charge in [0.1, 0.15) is 11.5 Å². The molecule has 11 heteroatoms. The summed E-state index contributed by atoms with van der Waals surface area (Å²) in [6.07, 6.45) is 1.00. The Morgan fingerprint density at radius 2 is 1.85 bits per heavy atom. The molecular weight excluding hydrogens is 537 g/mol. The first kappa shape index (κ1) is 33.3. The van der Waals surface area contributed by atoms with Gasteiger partial charge in [-0.1, -0.05) is 44.6 Å². The fraction of sp³-hybridized carbons (Fsp3) is 0.433. The lowest BCUT2D eigenvalue weighted by molar-refractivity contribution is -0.0884. The van der Waals surface area contributed by atoms with Crippen molar-refractivity contribution in [1.82, 2.24) is 19.6 Å². The number of carbonyl (C=O) groups is 2. The number of hydrogen-bond donors (Lipinski definition) is 1. The summed E-state index contributed by atoms with van der Waals surface area (Å²) in [5.41, 5.74) is 0.763. The van der Waals surface area contributed by atoms with Crippen molar-refractivity contribution in [2.45, 2.75) is 66.7 Å². The molecule has 1 unspecified atom stereocenters. The van der Waals surface area contributed by atoms with Crippen molar-refractivity contribution in [2.75, 3.05) is 19.6 Å². The first-order valence-corrected chi connectivity index (χ1v) is 13.6. The molecular formula is C30H39F3N4O4. The minimum Gasteiger partial charge on any atom is -0.476 e. The van der Waals surface area contributed by atoms with Crippen LogP contribution in [0.1, 0.15) is 64.0 Å². The van der Waals surface area contributed by atoms with Gasteiger partial charge in [0.25, 0.3) is 0 Å². The standard InChI is InChI=1S/C28H33F3N4O4.C2H6/c1-5-19(2)9-10-23(28(29,30)31)15-21(4)39-24-8-6-7-22(16-24)18-33-13-14-34(20(3)17-33)27(38)35-12-11-25(32-35)26(36)37;1-2/h6-12,15-16,20H,5,13-14,17-18H2,1-4H3,(H,36,37);1-2H3/b19-9+,21-15+,23-10+;. The summed E-state index contributed by atoms with van der Waals surface area (Å²) in [5.74, 6) is -0.658. The van der Waals surface area contributed by atoms with Gasteiger partial charge in [-0.05, 0) is 63.1 Å². The van der Waals surface area contributed by atoms with Gasteiger partial charge in [-0.2, -0.15) is 23.0 Å². The molecule has 0 spiro atoms. The van der Waals surface area contributed by atoms with Gasteiger partial charge in [0.15, 0.2) is 5.69 Å². The van der Waals surface area contributed by atoms with E-state index in [-0.39, 0.29) is 23.5 Å². The van der Waals surface area contributed by atoms with Crippen LogP contribution in [-0.2, 0) is 6.54 Å². The SMILES string of the molecule is CC.CC/C(C)=C/C=C(\C=C(/C)Oc1cccc(CN2CCN(C(=O)n3ccc(C(=O)O)n3)C(C)C2)c1)C(F)(F)F. The summed E-state index contributed by atoms with van der Waals surface area (Å²) >= 11 is 0. The number of aromatic carboxylic acids is 1. The number of aromatic nitrogens is 2. The molecule has 1 aliphatic rings. The van der Waals surface area contributed by atoms with Gasteiger partial charge in [-0.15, -0.1) is 0 Å². The average molecular weight is 577 g/mol. The molecule has 1 fully saturated rings. The Balaban J connectivity index is 0.00000287. The summed E-state index contributed by atoms with van der Waals surface area (Å²) < 4.78 is 47.2. The summed E-state index contributed by atoms with van der Waals surface area (Å²) in [5, 5.41) is 12.9. The number of rotatable bonds is 8. The number of nitrogens with zero attached hydrogens (tertiary/aromatic N) is 4. The van der Waals surface area contributed by atoms with Crippen molar-refractivity contribution in [3.8, 4) is 5.75 Å². The van der Waals surface area contributed by atoms with E-state index < -0.39 is 17.7 Å². The molecule has 1 saturated heterocycles. The fourth-order valence-electron chi connectivity index (χ4n) is 4.11. The van der Waals surface area contributed by atoms with E-state index in [1.54, 1.807) is 30.0 Å². The number of piperazine rings is 1. The highest BCUT2D eigenvalue weighted by molar-refractivity contribution is 5.86. The van der Waals surface area contributed by atoms with E-state index in [9.17, 15) is 22.8 Å². The van der Waals surface area contributed by atoms with Crippen LogP contribution in [0.5, 0.6) is 5.75 Å². The largest absolute Gasteiger partial charge is 0.476 e. The predicted molar refractivity (Wildman–Crippen MR) is 152 cm³/mol. The van der Waals surface area contributed by atoms with Crippen molar-refractivity contribution < 1.29 is 32.6 Å². The van der Waals surface area contributed by atoms with Crippen LogP contribution in [0.2, 0.25) is 0 Å². The average Bonchev–Trinajstić information content (AvgIpc) is 3.42. The van der Waals surface area contributed by atoms with Crippen LogP contribution in [-0.4, -0.2) is 68.5 Å². The number of carboxylic acids is 1.